The van der Waals surface area contributed by atoms with Gasteiger partial charge < -0.3 is 0 Å². The van der Waals surface area contributed by atoms with Crippen LogP contribution in [0, 0.1) is 13.8 Å². The van der Waals surface area contributed by atoms with E-state index in [2.05, 4.69) is 4.98 Å². The predicted molar refractivity (Wildman–Crippen MR) is 83.9 cm³/mol. The molecule has 0 aliphatic rings. The van der Waals surface area contributed by atoms with Gasteiger partial charge in [-0.05, 0) is 25.8 Å². The average molecular weight is 310 g/mol. The molecule has 108 valence electrons. The lowest BCUT2D eigenvalue weighted by Crippen LogP contribution is -2.29. The maximum absolute atomic E-state index is 12.3. The van der Waals surface area contributed by atoms with Gasteiger partial charge in [0.2, 0.25) is 10.0 Å². The number of sulfonamides is 1. The van der Waals surface area contributed by atoms with Gasteiger partial charge in [-0.1, -0.05) is 30.3 Å². The largest absolute Gasteiger partial charge is 0.248 e. The molecule has 0 saturated carbocycles. The Morgan fingerprint density at radius 2 is 1.85 bits per heavy atom. The van der Waals surface area contributed by atoms with Crippen molar-refractivity contribution in [1.82, 2.24) is 4.98 Å². The van der Waals surface area contributed by atoms with Crippen LogP contribution in [0.5, 0.6) is 0 Å². The first-order valence-electron chi connectivity index (χ1n) is 6.35. The van der Waals surface area contributed by atoms with Crippen molar-refractivity contribution >= 4 is 26.5 Å². The zero-order valence-corrected chi connectivity index (χ0v) is 13.5. The van der Waals surface area contributed by atoms with Crippen LogP contribution in [-0.2, 0) is 16.4 Å². The Balaban J connectivity index is 2.10. The van der Waals surface area contributed by atoms with Crippen LogP contribution in [0.3, 0.4) is 0 Å². The van der Waals surface area contributed by atoms with E-state index in [1.807, 2.05) is 44.2 Å². The molecule has 6 heteroatoms. The number of hydrogen-bond acceptors (Lipinski definition) is 4. The summed E-state index contributed by atoms with van der Waals surface area (Å²) in [4.78, 5) is 5.34. The molecule has 1 aromatic carbocycles. The zero-order chi connectivity index (χ0) is 14.8. The van der Waals surface area contributed by atoms with Crippen LogP contribution in [0.4, 0.5) is 5.13 Å². The number of benzene rings is 1. The second-order valence-electron chi connectivity index (χ2n) is 4.66. The number of hydrogen-bond donors (Lipinski definition) is 0. The predicted octanol–water partition coefficient (Wildman–Crippen LogP) is 2.77. The van der Waals surface area contributed by atoms with E-state index in [1.54, 1.807) is 7.05 Å². The van der Waals surface area contributed by atoms with Gasteiger partial charge in [0.05, 0.1) is 11.4 Å². The van der Waals surface area contributed by atoms with Gasteiger partial charge in [-0.3, -0.25) is 0 Å². The lowest BCUT2D eigenvalue weighted by molar-refractivity contribution is 0.593. The maximum atomic E-state index is 12.3. The Hall–Kier alpha value is -1.40. The van der Waals surface area contributed by atoms with E-state index < -0.39 is 10.0 Å². The Morgan fingerprint density at radius 3 is 2.40 bits per heavy atom. The molecule has 4 nitrogen and oxygen atoms in total. The third kappa shape index (κ3) is 3.37. The standard InChI is InChI=1S/C14H18N2O2S2/c1-11-12(2)19-14(15-11)16(3)20(17,18)10-9-13-7-5-4-6-8-13/h4-8H,9-10H2,1-3H3. The van der Waals surface area contributed by atoms with Crippen molar-refractivity contribution in [2.75, 3.05) is 17.1 Å². The van der Waals surface area contributed by atoms with E-state index in [1.165, 1.54) is 15.6 Å². The number of aryl methyl sites for hydroxylation is 3. The first kappa shape index (κ1) is 15.0. The highest BCUT2D eigenvalue weighted by Crippen LogP contribution is 2.26. The Bertz CT molecular complexity index is 659. The highest BCUT2D eigenvalue weighted by Gasteiger charge is 2.21. The van der Waals surface area contributed by atoms with Gasteiger partial charge in [-0.25, -0.2) is 17.7 Å². The van der Waals surface area contributed by atoms with E-state index >= 15 is 0 Å². The molecule has 2 rings (SSSR count). The van der Waals surface area contributed by atoms with Crippen LogP contribution in [-0.4, -0.2) is 26.2 Å². The van der Waals surface area contributed by atoms with Crippen molar-refractivity contribution in [3.05, 3.63) is 46.5 Å². The first-order valence-corrected chi connectivity index (χ1v) is 8.77. The molecule has 0 amide bonds. The van der Waals surface area contributed by atoms with Gasteiger partial charge in [-0.15, -0.1) is 11.3 Å². The fraction of sp³-hybridized carbons (Fsp3) is 0.357. The Morgan fingerprint density at radius 1 is 1.20 bits per heavy atom. The van der Waals surface area contributed by atoms with Crippen molar-refractivity contribution in [3.63, 3.8) is 0 Å². The average Bonchev–Trinajstić information content (AvgIpc) is 2.77. The van der Waals surface area contributed by atoms with Crippen molar-refractivity contribution in [2.24, 2.45) is 0 Å². The summed E-state index contributed by atoms with van der Waals surface area (Å²) in [6, 6.07) is 9.63. The molecule has 0 fully saturated rings. The lowest BCUT2D eigenvalue weighted by Gasteiger charge is -2.16. The van der Waals surface area contributed by atoms with E-state index in [0.717, 1.165) is 16.1 Å². The molecule has 1 heterocycles. The summed E-state index contributed by atoms with van der Waals surface area (Å²) in [5, 5.41) is 0.535. The number of aromatic nitrogens is 1. The molecule has 1 aromatic heterocycles. The monoisotopic (exact) mass is 310 g/mol. The smallest absolute Gasteiger partial charge is 0.237 e. The summed E-state index contributed by atoms with van der Waals surface area (Å²) in [5.41, 5.74) is 1.91. The van der Waals surface area contributed by atoms with Crippen LogP contribution in [0.2, 0.25) is 0 Å². The van der Waals surface area contributed by atoms with Gasteiger partial charge in [-0.2, -0.15) is 0 Å². The highest BCUT2D eigenvalue weighted by atomic mass is 32.2. The molecular formula is C14H18N2O2S2. The normalized spacial score (nSPS) is 11.6. The minimum atomic E-state index is -3.33. The third-order valence-electron chi connectivity index (χ3n) is 3.20. The molecule has 0 N–H and O–H groups in total. The van der Waals surface area contributed by atoms with E-state index in [9.17, 15) is 8.42 Å². The second-order valence-corrected chi connectivity index (χ2v) is 7.96. The van der Waals surface area contributed by atoms with Crippen molar-refractivity contribution in [2.45, 2.75) is 20.3 Å². The third-order valence-corrected chi connectivity index (χ3v) is 6.19. The fourth-order valence-electron chi connectivity index (χ4n) is 1.74. The Labute approximate surface area is 124 Å². The number of rotatable bonds is 5. The van der Waals surface area contributed by atoms with Crippen LogP contribution in [0.1, 0.15) is 16.1 Å². The van der Waals surface area contributed by atoms with Crippen LogP contribution in [0.15, 0.2) is 30.3 Å². The quantitative estimate of drug-likeness (QED) is 0.853. The highest BCUT2D eigenvalue weighted by molar-refractivity contribution is 7.92. The number of anilines is 1. The summed E-state index contributed by atoms with van der Waals surface area (Å²) >= 11 is 1.41. The van der Waals surface area contributed by atoms with Crippen LogP contribution in [0.25, 0.3) is 0 Å². The van der Waals surface area contributed by atoms with Gasteiger partial charge >= 0.3 is 0 Å². The number of thiazole rings is 1. The van der Waals surface area contributed by atoms with Crippen molar-refractivity contribution in [1.29, 1.82) is 0 Å². The minimum absolute atomic E-state index is 0.0885. The maximum Gasteiger partial charge on any atom is 0.237 e. The lowest BCUT2D eigenvalue weighted by atomic mass is 10.2. The van der Waals surface area contributed by atoms with E-state index in [-0.39, 0.29) is 5.75 Å². The van der Waals surface area contributed by atoms with Crippen LogP contribution >= 0.6 is 11.3 Å². The van der Waals surface area contributed by atoms with E-state index in [4.69, 9.17) is 0 Å². The molecule has 0 atom stereocenters. The molecular weight excluding hydrogens is 292 g/mol. The fourth-order valence-corrected chi connectivity index (χ4v) is 4.02. The van der Waals surface area contributed by atoms with Crippen molar-refractivity contribution < 1.29 is 8.42 Å². The molecule has 20 heavy (non-hydrogen) atoms. The van der Waals surface area contributed by atoms with Crippen LogP contribution < -0.4 is 4.31 Å². The molecule has 2 aromatic rings. The van der Waals surface area contributed by atoms with Gasteiger partial charge in [0, 0.05) is 11.9 Å². The molecule has 0 bridgehead atoms. The zero-order valence-electron chi connectivity index (χ0n) is 11.8. The Kier molecular flexibility index (Phi) is 4.45. The summed E-state index contributed by atoms with van der Waals surface area (Å²) in [6.07, 6.45) is 0.511. The summed E-state index contributed by atoms with van der Waals surface area (Å²) in [7, 11) is -1.77. The molecule has 0 aliphatic heterocycles. The van der Waals surface area contributed by atoms with Gasteiger partial charge in [0.1, 0.15) is 0 Å². The molecule has 0 saturated heterocycles. The molecule has 0 spiro atoms. The molecule has 0 aliphatic carbocycles. The summed E-state index contributed by atoms with van der Waals surface area (Å²) in [5.74, 6) is 0.0885. The molecule has 0 radical (unpaired) electrons. The summed E-state index contributed by atoms with van der Waals surface area (Å²) < 4.78 is 25.9. The minimum Gasteiger partial charge on any atom is -0.248 e. The van der Waals surface area contributed by atoms with Gasteiger partial charge in [0.25, 0.3) is 0 Å². The van der Waals surface area contributed by atoms with E-state index in [0.29, 0.717) is 11.6 Å². The SMILES string of the molecule is Cc1nc(N(C)S(=O)(=O)CCc2ccccc2)sc1C. The molecule has 0 unspecified atom stereocenters. The van der Waals surface area contributed by atoms with Crippen molar-refractivity contribution in [3.8, 4) is 0 Å². The summed E-state index contributed by atoms with van der Waals surface area (Å²) in [6.45, 7) is 3.83. The van der Waals surface area contributed by atoms with Gasteiger partial charge in [0.15, 0.2) is 5.13 Å². The second kappa shape index (κ2) is 5.93. The topological polar surface area (TPSA) is 50.3 Å². The number of nitrogens with zero attached hydrogens (tertiary/aromatic N) is 2. The first-order chi connectivity index (χ1) is 9.40.